The van der Waals surface area contributed by atoms with Gasteiger partial charge >= 0.3 is 0 Å². The Kier molecular flexibility index (Phi) is 21.7. The maximum atomic E-state index is 13.5. The fourth-order valence-corrected chi connectivity index (χ4v) is 7.19. The van der Waals surface area contributed by atoms with Crippen molar-refractivity contribution in [2.75, 3.05) is 41.8 Å². The third-order valence-corrected chi connectivity index (χ3v) is 10.9. The number of pyridine rings is 3. The highest BCUT2D eigenvalue weighted by Gasteiger charge is 2.18. The first-order valence-electron chi connectivity index (χ1n) is 23.3. The number of unbranched alkanes of at least 4 members (excludes halogenated alkanes) is 2. The van der Waals surface area contributed by atoms with Crippen molar-refractivity contribution in [3.05, 3.63) is 127 Å². The van der Waals surface area contributed by atoms with E-state index in [4.69, 9.17) is 26.4 Å². The molecule has 0 radical (unpaired) electrons. The molecular formula is C51H69ClN10O4. The molecule has 15 heteroatoms. The van der Waals surface area contributed by atoms with Gasteiger partial charge in [-0.1, -0.05) is 57.4 Å². The second-order valence-corrected chi connectivity index (χ2v) is 16.7. The van der Waals surface area contributed by atoms with E-state index in [1.165, 1.54) is 35.8 Å². The molecule has 66 heavy (non-hydrogen) atoms. The van der Waals surface area contributed by atoms with Crippen LogP contribution in [0.1, 0.15) is 128 Å². The second-order valence-electron chi connectivity index (χ2n) is 16.3. The van der Waals surface area contributed by atoms with Crippen LogP contribution >= 0.6 is 11.6 Å². The molecule has 5 aromatic heterocycles. The summed E-state index contributed by atoms with van der Waals surface area (Å²) < 4.78 is 9.29. The number of allylic oxidation sites excluding steroid dienone is 1. The lowest BCUT2D eigenvalue weighted by molar-refractivity contribution is 0.292. The molecule has 354 valence electrons. The monoisotopic (exact) mass is 921 g/mol. The Bertz CT molecular complexity index is 2610. The first-order chi connectivity index (χ1) is 31.9. The van der Waals surface area contributed by atoms with Gasteiger partial charge in [0.2, 0.25) is 5.88 Å². The minimum Gasteiger partial charge on any atom is -0.478 e. The van der Waals surface area contributed by atoms with Crippen molar-refractivity contribution < 1.29 is 9.84 Å². The quantitative estimate of drug-likeness (QED) is 0.0536. The number of nitrogens with zero attached hydrogens (tertiary/aromatic N) is 7. The zero-order chi connectivity index (χ0) is 48.0. The number of aromatic nitrogens is 6. The Morgan fingerprint density at radius 1 is 1.00 bits per heavy atom. The molecule has 6 aromatic rings. The van der Waals surface area contributed by atoms with Crippen LogP contribution in [0.2, 0.25) is 5.02 Å². The van der Waals surface area contributed by atoms with E-state index in [9.17, 15) is 14.9 Å². The van der Waals surface area contributed by atoms with Gasteiger partial charge in [0.1, 0.15) is 29.1 Å². The van der Waals surface area contributed by atoms with Crippen molar-refractivity contribution in [1.82, 2.24) is 29.1 Å². The van der Waals surface area contributed by atoms with Crippen LogP contribution in [-0.4, -0.2) is 60.5 Å². The van der Waals surface area contributed by atoms with E-state index in [0.717, 1.165) is 72.6 Å². The molecule has 1 unspecified atom stereocenters. The van der Waals surface area contributed by atoms with Crippen molar-refractivity contribution in [3.8, 4) is 11.9 Å². The number of aromatic amines is 1. The summed E-state index contributed by atoms with van der Waals surface area (Å²) in [6.45, 7) is 21.4. The number of piperidine rings is 1. The summed E-state index contributed by atoms with van der Waals surface area (Å²) in [5.41, 5.74) is 5.47. The molecule has 1 aromatic carbocycles. The average molecular weight is 922 g/mol. The van der Waals surface area contributed by atoms with Crippen LogP contribution in [0, 0.1) is 11.3 Å². The zero-order valence-corrected chi connectivity index (χ0v) is 40.7. The van der Waals surface area contributed by atoms with E-state index in [1.54, 1.807) is 43.3 Å². The second kappa shape index (κ2) is 27.3. The molecule has 0 saturated carbocycles. The molecule has 0 bridgehead atoms. The first-order valence-corrected chi connectivity index (χ1v) is 23.7. The molecule has 0 amide bonds. The summed E-state index contributed by atoms with van der Waals surface area (Å²) in [6.07, 6.45) is 12.8. The molecule has 1 atom stereocenters. The largest absolute Gasteiger partial charge is 0.478 e. The van der Waals surface area contributed by atoms with Gasteiger partial charge in [-0.05, 0) is 114 Å². The number of H-pyrrole nitrogens is 1. The number of rotatable bonds is 16. The highest BCUT2D eigenvalue weighted by molar-refractivity contribution is 6.31. The highest BCUT2D eigenvalue weighted by Crippen LogP contribution is 2.26. The number of aryl methyl sites for hydroxylation is 1. The summed E-state index contributed by atoms with van der Waals surface area (Å²) >= 11 is 6.16. The number of nitriles is 1. The van der Waals surface area contributed by atoms with Crippen LogP contribution in [0.3, 0.4) is 0 Å². The molecule has 0 aliphatic carbocycles. The number of benzene rings is 1. The molecule has 1 aliphatic heterocycles. The Labute approximate surface area is 394 Å². The van der Waals surface area contributed by atoms with Gasteiger partial charge in [0.05, 0.1) is 18.8 Å². The molecule has 14 nitrogen and oxygen atoms in total. The van der Waals surface area contributed by atoms with Gasteiger partial charge in [-0.2, -0.15) is 14.9 Å². The van der Waals surface area contributed by atoms with Crippen LogP contribution in [0.4, 0.5) is 17.3 Å². The number of aliphatic hydroxyl groups excluding tert-OH is 1. The van der Waals surface area contributed by atoms with Crippen molar-refractivity contribution in [2.45, 2.75) is 125 Å². The summed E-state index contributed by atoms with van der Waals surface area (Å²) in [4.78, 5) is 41.0. The Hall–Kier alpha value is -6.17. The summed E-state index contributed by atoms with van der Waals surface area (Å²) in [5, 5.41) is 30.0. The van der Waals surface area contributed by atoms with E-state index < -0.39 is 6.04 Å². The van der Waals surface area contributed by atoms with Crippen LogP contribution in [0.15, 0.2) is 88.7 Å². The van der Waals surface area contributed by atoms with E-state index in [1.807, 2.05) is 42.9 Å². The summed E-state index contributed by atoms with van der Waals surface area (Å²) in [5.74, 6) is 2.44. The smallest absolute Gasteiger partial charge is 0.274 e. The van der Waals surface area contributed by atoms with Crippen molar-refractivity contribution in [3.63, 3.8) is 0 Å². The van der Waals surface area contributed by atoms with E-state index in [0.29, 0.717) is 53.8 Å². The average Bonchev–Trinajstić information content (AvgIpc) is 3.75. The number of nitrogens with one attached hydrogen (secondary N) is 3. The van der Waals surface area contributed by atoms with Crippen LogP contribution < -0.4 is 31.4 Å². The molecule has 1 aliphatic rings. The van der Waals surface area contributed by atoms with E-state index in [2.05, 4.69) is 77.0 Å². The van der Waals surface area contributed by atoms with Crippen molar-refractivity contribution >= 4 is 45.5 Å². The Morgan fingerprint density at radius 2 is 1.73 bits per heavy atom. The van der Waals surface area contributed by atoms with Crippen LogP contribution in [0.5, 0.6) is 5.88 Å². The normalized spacial score (nSPS) is 12.4. The van der Waals surface area contributed by atoms with Gasteiger partial charge in [0, 0.05) is 78.2 Å². The predicted octanol–water partition coefficient (Wildman–Crippen LogP) is 10.6. The number of anilines is 3. The molecule has 4 N–H and O–H groups in total. The number of hydrogen-bond donors (Lipinski definition) is 4. The topological polar surface area (TPSA) is 178 Å². The Balaban J connectivity index is 0.000000783. The fourth-order valence-electron chi connectivity index (χ4n) is 7.01. The number of fused-ring (bicyclic) bond motifs is 2. The van der Waals surface area contributed by atoms with E-state index >= 15 is 0 Å². The maximum absolute atomic E-state index is 13.5. The first kappa shape index (κ1) is 52.5. The minimum atomic E-state index is -0.474. The van der Waals surface area contributed by atoms with Crippen LogP contribution in [0.25, 0.3) is 16.6 Å². The van der Waals surface area contributed by atoms with E-state index in [-0.39, 0.29) is 23.4 Å². The van der Waals surface area contributed by atoms with Gasteiger partial charge < -0.3 is 30.4 Å². The van der Waals surface area contributed by atoms with Gasteiger partial charge in [-0.3, -0.25) is 14.2 Å². The lowest BCUT2D eigenvalue weighted by Gasteiger charge is -2.28. The summed E-state index contributed by atoms with van der Waals surface area (Å²) in [7, 11) is 0. The van der Waals surface area contributed by atoms with Gasteiger partial charge in [0.15, 0.2) is 5.65 Å². The SMILES string of the molecule is C=C(C)CC.CCC.CCO.CCc1cnn2c(NCc3ccc(OCCCCCn4c(C#N)ccc(NC(C)c5cc6cc(Cl)ccc6[nH]c5=O)c4=O)nc3)cc(N3CCCCC3)nc12. The predicted molar refractivity (Wildman–Crippen MR) is 270 cm³/mol. The number of ether oxygens (including phenoxy) is 1. The molecular weight excluding hydrogens is 852 g/mol. The number of aliphatic hydroxyl groups is 1. The highest BCUT2D eigenvalue weighted by atomic mass is 35.5. The van der Waals surface area contributed by atoms with Crippen LogP contribution in [-0.2, 0) is 19.5 Å². The minimum absolute atomic E-state index is 0.250. The zero-order valence-electron chi connectivity index (χ0n) is 39.9. The van der Waals surface area contributed by atoms with Gasteiger partial charge in [-0.25, -0.2) is 9.97 Å². The molecule has 1 saturated heterocycles. The maximum Gasteiger partial charge on any atom is 0.274 e. The number of hydrogen-bond acceptors (Lipinski definition) is 11. The number of halogens is 1. The van der Waals surface area contributed by atoms with Crippen molar-refractivity contribution in [2.24, 2.45) is 0 Å². The molecule has 0 spiro atoms. The van der Waals surface area contributed by atoms with Crippen molar-refractivity contribution in [1.29, 1.82) is 5.26 Å². The summed E-state index contributed by atoms with van der Waals surface area (Å²) in [6, 6.07) is 17.9. The lowest BCUT2D eigenvalue weighted by Crippen LogP contribution is -2.30. The third kappa shape index (κ3) is 15.2. The lowest BCUT2D eigenvalue weighted by atomic mass is 10.1. The van der Waals surface area contributed by atoms with Gasteiger partial charge in [0.25, 0.3) is 11.1 Å². The third-order valence-electron chi connectivity index (χ3n) is 10.7. The molecule has 1 fully saturated rings. The van der Waals surface area contributed by atoms with Gasteiger partial charge in [-0.15, -0.1) is 6.58 Å². The molecule has 6 heterocycles. The standard InChI is InChI=1S/C41H45ClN10O3.C5H10.C3H8.C2H6O/c1-3-29-26-46-52-36(22-37(49-39(29)52)50-16-6-4-7-17-50)44-24-28-10-15-38(45-25-28)55-19-9-5-8-18-51-32(23-43)12-14-35(41(51)54)47-27(2)33-21-30-20-31(42)11-13-34(30)48-40(33)53;1-4-5(2)3;1-3-2;1-2-3/h10-15,20-22,25-27,44,47H,3-9,16-19,24H2,1-2H3,(H,48,53);2,4H2,1,3H3;3H2,1-2H3;3H,2H2,1H3. The molecule has 7 rings (SSSR count). The fraction of sp³-hybridized carbons (Fsp3) is 0.451. The Morgan fingerprint density at radius 3 is 2.38 bits per heavy atom.